The number of carboxylic acids is 1. The SMILES string of the molecule is CCOC1(O)N=C(c2ccc(C)cc2)[Se]/C1=C\C(=O)O. The molecule has 0 radical (unpaired) electrons. The van der Waals surface area contributed by atoms with Crippen molar-refractivity contribution in [2.75, 3.05) is 6.61 Å². The third-order valence-corrected chi connectivity index (χ3v) is 5.04. The first-order chi connectivity index (χ1) is 9.44. The molecule has 106 valence electrons. The van der Waals surface area contributed by atoms with Crippen molar-refractivity contribution in [2.24, 2.45) is 4.99 Å². The molecule has 1 aliphatic heterocycles. The summed E-state index contributed by atoms with van der Waals surface area (Å²) in [5.41, 5.74) is 2.00. The van der Waals surface area contributed by atoms with Crippen molar-refractivity contribution in [3.63, 3.8) is 0 Å². The molecule has 5 nitrogen and oxygen atoms in total. The van der Waals surface area contributed by atoms with E-state index >= 15 is 0 Å². The number of aryl methyl sites for hydroxylation is 1. The Labute approximate surface area is 123 Å². The van der Waals surface area contributed by atoms with Crippen LogP contribution in [-0.4, -0.2) is 48.3 Å². The van der Waals surface area contributed by atoms with Gasteiger partial charge in [-0.2, -0.15) is 0 Å². The average Bonchev–Trinajstić information content (AvgIpc) is 2.67. The fraction of sp³-hybridized carbons (Fsp3) is 0.286. The quantitative estimate of drug-likeness (QED) is 0.489. The molecule has 0 aliphatic carbocycles. The van der Waals surface area contributed by atoms with Gasteiger partial charge in [0.25, 0.3) is 0 Å². The topological polar surface area (TPSA) is 79.1 Å². The molecular formula is C14H15NO4Se. The Morgan fingerprint density at radius 1 is 1.45 bits per heavy atom. The second-order valence-corrected chi connectivity index (χ2v) is 6.44. The van der Waals surface area contributed by atoms with Crippen LogP contribution in [0.15, 0.2) is 39.8 Å². The van der Waals surface area contributed by atoms with E-state index in [1.807, 2.05) is 31.2 Å². The molecule has 6 heteroatoms. The van der Waals surface area contributed by atoms with E-state index in [4.69, 9.17) is 9.84 Å². The van der Waals surface area contributed by atoms with Crippen molar-refractivity contribution < 1.29 is 19.7 Å². The van der Waals surface area contributed by atoms with Crippen LogP contribution in [0.5, 0.6) is 0 Å². The summed E-state index contributed by atoms with van der Waals surface area (Å²) in [6, 6.07) is 7.72. The van der Waals surface area contributed by atoms with Crippen molar-refractivity contribution in [1.82, 2.24) is 0 Å². The van der Waals surface area contributed by atoms with Crippen molar-refractivity contribution >= 4 is 25.5 Å². The summed E-state index contributed by atoms with van der Waals surface area (Å²) < 4.78 is 6.21. The van der Waals surface area contributed by atoms with Crippen LogP contribution in [0.4, 0.5) is 0 Å². The first kappa shape index (κ1) is 14.9. The summed E-state index contributed by atoms with van der Waals surface area (Å²) >= 11 is -0.377. The number of ether oxygens (including phenoxy) is 1. The number of aliphatic hydroxyl groups is 1. The Balaban J connectivity index is 2.37. The Morgan fingerprint density at radius 2 is 2.10 bits per heavy atom. The second-order valence-electron chi connectivity index (χ2n) is 4.27. The van der Waals surface area contributed by atoms with E-state index in [2.05, 4.69) is 4.99 Å². The number of carboxylic acid groups (broad SMARTS) is 1. The molecule has 0 saturated heterocycles. The van der Waals surface area contributed by atoms with E-state index in [0.29, 0.717) is 9.08 Å². The molecule has 0 bridgehead atoms. The summed E-state index contributed by atoms with van der Waals surface area (Å²) in [6.07, 6.45) is 0.986. The summed E-state index contributed by atoms with van der Waals surface area (Å²) in [4.78, 5) is 15.0. The fourth-order valence-electron chi connectivity index (χ4n) is 1.75. The van der Waals surface area contributed by atoms with Gasteiger partial charge in [0.2, 0.25) is 0 Å². The van der Waals surface area contributed by atoms with Gasteiger partial charge in [-0.25, -0.2) is 0 Å². The van der Waals surface area contributed by atoms with Crippen LogP contribution >= 0.6 is 0 Å². The Bertz CT molecular complexity index is 579. The third-order valence-electron chi connectivity index (χ3n) is 2.68. The maximum absolute atomic E-state index is 10.9. The molecule has 1 heterocycles. The van der Waals surface area contributed by atoms with E-state index in [9.17, 15) is 9.90 Å². The zero-order valence-corrected chi connectivity index (χ0v) is 12.9. The molecule has 1 aromatic carbocycles. The Kier molecular flexibility index (Phi) is 4.40. The number of hydrogen-bond acceptors (Lipinski definition) is 4. The van der Waals surface area contributed by atoms with Gasteiger partial charge < -0.3 is 0 Å². The van der Waals surface area contributed by atoms with Gasteiger partial charge >= 0.3 is 123 Å². The van der Waals surface area contributed by atoms with Crippen molar-refractivity contribution in [2.45, 2.75) is 19.8 Å². The van der Waals surface area contributed by atoms with Crippen LogP contribution in [0.25, 0.3) is 0 Å². The number of nitrogens with zero attached hydrogens (tertiary/aromatic N) is 1. The van der Waals surface area contributed by atoms with Crippen molar-refractivity contribution in [3.8, 4) is 0 Å². The van der Waals surface area contributed by atoms with Gasteiger partial charge in [0.15, 0.2) is 0 Å². The van der Waals surface area contributed by atoms with Crippen LogP contribution in [0.1, 0.15) is 18.1 Å². The summed E-state index contributed by atoms with van der Waals surface area (Å²) in [5.74, 6) is -2.95. The number of rotatable bonds is 4. The van der Waals surface area contributed by atoms with Gasteiger partial charge in [0, 0.05) is 0 Å². The molecule has 0 amide bonds. The molecule has 0 aromatic heterocycles. The summed E-state index contributed by atoms with van der Waals surface area (Å²) in [6.45, 7) is 3.95. The van der Waals surface area contributed by atoms with Crippen molar-refractivity contribution in [3.05, 3.63) is 45.9 Å². The molecule has 2 rings (SSSR count). The van der Waals surface area contributed by atoms with Gasteiger partial charge in [-0.15, -0.1) is 0 Å². The van der Waals surface area contributed by atoms with Crippen LogP contribution in [-0.2, 0) is 9.53 Å². The molecule has 0 saturated carbocycles. The molecule has 1 aliphatic rings. The van der Waals surface area contributed by atoms with E-state index in [1.165, 1.54) is 0 Å². The standard InChI is InChI=1S/C14H15NO4Se/c1-3-19-14(18)11(8-12(16)17)20-13(15-14)10-6-4-9(2)5-7-10/h4-8,18H,3H2,1-2H3,(H,16,17)/b11-8-. The van der Waals surface area contributed by atoms with Crippen LogP contribution in [0.3, 0.4) is 0 Å². The van der Waals surface area contributed by atoms with E-state index in [-0.39, 0.29) is 21.6 Å². The predicted octanol–water partition coefficient (Wildman–Crippen LogP) is 1.11. The van der Waals surface area contributed by atoms with Crippen LogP contribution in [0, 0.1) is 6.92 Å². The molecule has 2 N–H and O–H groups in total. The van der Waals surface area contributed by atoms with Gasteiger partial charge in [-0.1, -0.05) is 0 Å². The summed E-state index contributed by atoms with van der Waals surface area (Å²) in [5, 5.41) is 19.2. The summed E-state index contributed by atoms with van der Waals surface area (Å²) in [7, 11) is 0. The Morgan fingerprint density at radius 3 is 2.65 bits per heavy atom. The number of hydrogen-bond donors (Lipinski definition) is 2. The first-order valence-corrected chi connectivity index (χ1v) is 7.82. The van der Waals surface area contributed by atoms with Crippen LogP contribution < -0.4 is 0 Å². The zero-order valence-electron chi connectivity index (χ0n) is 11.2. The number of aliphatic carboxylic acids is 1. The zero-order chi connectivity index (χ0) is 14.8. The van der Waals surface area contributed by atoms with Gasteiger partial charge in [0.1, 0.15) is 0 Å². The molecule has 0 spiro atoms. The van der Waals surface area contributed by atoms with Gasteiger partial charge in [-0.05, 0) is 0 Å². The monoisotopic (exact) mass is 341 g/mol. The van der Waals surface area contributed by atoms with E-state index < -0.39 is 11.9 Å². The third kappa shape index (κ3) is 3.16. The Hall–Kier alpha value is -1.46. The number of benzene rings is 1. The maximum atomic E-state index is 10.9. The van der Waals surface area contributed by atoms with E-state index in [0.717, 1.165) is 17.2 Å². The van der Waals surface area contributed by atoms with E-state index in [1.54, 1.807) is 6.92 Å². The fourth-order valence-corrected chi connectivity index (χ4v) is 3.90. The van der Waals surface area contributed by atoms with Gasteiger partial charge in [-0.3, -0.25) is 0 Å². The molecule has 20 heavy (non-hydrogen) atoms. The predicted molar refractivity (Wildman–Crippen MR) is 75.8 cm³/mol. The minimum absolute atomic E-state index is 0.244. The molecule has 1 atom stereocenters. The van der Waals surface area contributed by atoms with Crippen molar-refractivity contribution in [1.29, 1.82) is 0 Å². The second kappa shape index (κ2) is 5.89. The number of carbonyl (C=O) groups is 1. The number of aliphatic imine (C=N–C) groups is 1. The molecule has 1 unspecified atom stereocenters. The minimum atomic E-state index is -1.84. The normalized spacial score (nSPS) is 23.9. The molecule has 1 aromatic rings. The van der Waals surface area contributed by atoms with Crippen LogP contribution in [0.2, 0.25) is 0 Å². The molecule has 0 fully saturated rings. The first-order valence-electron chi connectivity index (χ1n) is 6.11. The average molecular weight is 340 g/mol. The van der Waals surface area contributed by atoms with Gasteiger partial charge in [0.05, 0.1) is 0 Å². The molecular weight excluding hydrogens is 325 g/mol.